The highest BCUT2D eigenvalue weighted by Gasteiger charge is 2.24. The summed E-state index contributed by atoms with van der Waals surface area (Å²) in [6.45, 7) is 3.94. The maximum atomic E-state index is 12.4. The number of nitrogens with zero attached hydrogens (tertiary/aromatic N) is 3. The van der Waals surface area contributed by atoms with Crippen molar-refractivity contribution in [1.29, 1.82) is 0 Å². The summed E-state index contributed by atoms with van der Waals surface area (Å²) in [5.41, 5.74) is 2.60. The quantitative estimate of drug-likeness (QED) is 0.201. The van der Waals surface area contributed by atoms with E-state index in [0.29, 0.717) is 21.4 Å². The second kappa shape index (κ2) is 10.3. The van der Waals surface area contributed by atoms with E-state index in [1.807, 2.05) is 26.0 Å². The molecule has 1 heterocycles. The van der Waals surface area contributed by atoms with Gasteiger partial charge in [-0.25, -0.2) is 4.99 Å². The summed E-state index contributed by atoms with van der Waals surface area (Å²) in [5, 5.41) is 25.4. The van der Waals surface area contributed by atoms with E-state index in [4.69, 9.17) is 4.74 Å². The second-order valence-electron chi connectivity index (χ2n) is 7.71. The first-order valence-corrected chi connectivity index (χ1v) is 12.0. The fourth-order valence-electron chi connectivity index (χ4n) is 3.34. The number of nitrogens with one attached hydrogen (secondary N) is 1. The number of amides is 1. The van der Waals surface area contributed by atoms with E-state index in [9.17, 15) is 25.0 Å². The van der Waals surface area contributed by atoms with E-state index >= 15 is 0 Å². The third kappa shape index (κ3) is 5.61. The Hall–Kier alpha value is -4.03. The number of carbonyl (C=O) groups is 1. The first-order chi connectivity index (χ1) is 17.1. The summed E-state index contributed by atoms with van der Waals surface area (Å²) in [6.07, 6.45) is 1.69. The molecule has 1 fully saturated rings. The van der Waals surface area contributed by atoms with E-state index in [1.165, 1.54) is 17.8 Å². The van der Waals surface area contributed by atoms with Crippen LogP contribution in [0, 0.1) is 34.1 Å². The predicted molar refractivity (Wildman–Crippen MR) is 141 cm³/mol. The van der Waals surface area contributed by atoms with E-state index < -0.39 is 21.2 Å². The molecule has 182 valence electrons. The molecule has 1 amide bonds. The van der Waals surface area contributed by atoms with Gasteiger partial charge in [0, 0.05) is 10.5 Å². The number of nitro benzene ring substituents is 2. The fourth-order valence-corrected chi connectivity index (χ4v) is 4.41. The number of amidine groups is 1. The Morgan fingerprint density at radius 2 is 1.67 bits per heavy atom. The highest BCUT2D eigenvalue weighted by Crippen LogP contribution is 2.35. The smallest absolute Gasteiger partial charge is 0.318 e. The molecule has 1 aliphatic rings. The number of ether oxygens (including phenoxy) is 1. The number of carbonyl (C=O) groups excluding carboxylic acids is 1. The lowest BCUT2D eigenvalue weighted by Crippen LogP contribution is -2.19. The Labute approximate surface area is 217 Å². The van der Waals surface area contributed by atoms with Gasteiger partial charge in [0.05, 0.1) is 26.5 Å². The summed E-state index contributed by atoms with van der Waals surface area (Å²) in [5.74, 6) is -0.103. The maximum absolute atomic E-state index is 12.4. The van der Waals surface area contributed by atoms with Crippen LogP contribution in [0.5, 0.6) is 11.5 Å². The van der Waals surface area contributed by atoms with Crippen LogP contribution >= 0.6 is 27.7 Å². The van der Waals surface area contributed by atoms with E-state index in [1.54, 1.807) is 30.3 Å². The Bertz CT molecular complexity index is 1450. The highest BCUT2D eigenvalue weighted by atomic mass is 79.9. The van der Waals surface area contributed by atoms with Crippen LogP contribution in [0.3, 0.4) is 0 Å². The van der Waals surface area contributed by atoms with Gasteiger partial charge >= 0.3 is 5.69 Å². The molecule has 0 spiro atoms. The van der Waals surface area contributed by atoms with Crippen molar-refractivity contribution >= 4 is 61.9 Å². The van der Waals surface area contributed by atoms with Gasteiger partial charge in [0.15, 0.2) is 5.17 Å². The van der Waals surface area contributed by atoms with Crippen molar-refractivity contribution in [1.82, 2.24) is 5.32 Å². The summed E-state index contributed by atoms with van der Waals surface area (Å²) in [6, 6.07) is 13.5. The van der Waals surface area contributed by atoms with Gasteiger partial charge in [0.1, 0.15) is 5.75 Å². The molecule has 1 saturated heterocycles. The molecule has 0 bridgehead atoms. The van der Waals surface area contributed by atoms with Crippen LogP contribution < -0.4 is 10.1 Å². The zero-order chi connectivity index (χ0) is 26.0. The third-order valence-electron chi connectivity index (χ3n) is 5.06. The molecule has 0 unspecified atom stereocenters. The van der Waals surface area contributed by atoms with Crippen LogP contribution in [-0.2, 0) is 4.79 Å². The number of thioether (sulfide) groups is 1. The largest absolute Gasteiger partial charge is 0.450 e. The van der Waals surface area contributed by atoms with E-state index in [2.05, 4.69) is 26.2 Å². The van der Waals surface area contributed by atoms with Crippen molar-refractivity contribution in [2.24, 2.45) is 4.99 Å². The molecule has 36 heavy (non-hydrogen) atoms. The van der Waals surface area contributed by atoms with Crippen molar-refractivity contribution in [3.05, 3.63) is 101 Å². The average Bonchev–Trinajstić information content (AvgIpc) is 3.16. The fraction of sp³-hybridized carbons (Fsp3) is 0.0833. The van der Waals surface area contributed by atoms with Crippen molar-refractivity contribution in [2.45, 2.75) is 13.8 Å². The number of rotatable bonds is 6. The zero-order valence-electron chi connectivity index (χ0n) is 18.9. The SMILES string of the molecule is Cc1cc(N=C2NC(=O)/C(=C/c3ccc(Oc4ccc([N+](=O)[O-])cc4[N+](=O)[O-])cc3)S2)cc(C)c1Br. The van der Waals surface area contributed by atoms with Crippen LogP contribution in [-0.4, -0.2) is 20.9 Å². The summed E-state index contributed by atoms with van der Waals surface area (Å²) >= 11 is 4.75. The number of hydrogen-bond donors (Lipinski definition) is 1. The molecule has 0 aliphatic carbocycles. The number of non-ortho nitro benzene ring substituents is 1. The van der Waals surface area contributed by atoms with Crippen molar-refractivity contribution in [2.75, 3.05) is 0 Å². The van der Waals surface area contributed by atoms with Crippen molar-refractivity contribution in [3.63, 3.8) is 0 Å². The van der Waals surface area contributed by atoms with Gasteiger partial charge in [0.25, 0.3) is 11.6 Å². The lowest BCUT2D eigenvalue weighted by molar-refractivity contribution is -0.394. The number of nitro groups is 2. The minimum Gasteiger partial charge on any atom is -0.450 e. The standard InChI is InChI=1S/C24H17BrN4O6S/c1-13-9-16(10-14(2)22(13)25)26-24-27-23(30)21(36-24)11-15-3-6-18(7-4-15)35-20-8-5-17(28(31)32)12-19(20)29(33)34/h3-12H,1-2H3,(H,26,27,30)/b21-11-. The second-order valence-corrected chi connectivity index (χ2v) is 9.54. The molecule has 0 radical (unpaired) electrons. The number of aliphatic imine (C=N–C) groups is 1. The van der Waals surface area contributed by atoms with E-state index in [-0.39, 0.29) is 11.7 Å². The molecule has 10 nitrogen and oxygen atoms in total. The van der Waals surface area contributed by atoms with Gasteiger partial charge < -0.3 is 10.1 Å². The van der Waals surface area contributed by atoms with Gasteiger partial charge in [-0.2, -0.15) is 0 Å². The van der Waals surface area contributed by atoms with E-state index in [0.717, 1.165) is 33.4 Å². The molecule has 3 aromatic carbocycles. The van der Waals surface area contributed by atoms with Crippen molar-refractivity contribution < 1.29 is 19.4 Å². The van der Waals surface area contributed by atoms with Gasteiger partial charge in [-0.15, -0.1) is 0 Å². The van der Waals surface area contributed by atoms with Gasteiger partial charge in [-0.3, -0.25) is 25.0 Å². The molecular weight excluding hydrogens is 552 g/mol. The summed E-state index contributed by atoms with van der Waals surface area (Å²) < 4.78 is 6.59. The minimum absolute atomic E-state index is 0.123. The first kappa shape index (κ1) is 25.1. The topological polar surface area (TPSA) is 137 Å². The van der Waals surface area contributed by atoms with Gasteiger partial charge in [0.2, 0.25) is 5.75 Å². The minimum atomic E-state index is -0.743. The molecule has 1 N–H and O–H groups in total. The van der Waals surface area contributed by atoms with Gasteiger partial charge in [-0.05, 0) is 78.7 Å². The molecule has 4 rings (SSSR count). The monoisotopic (exact) mass is 568 g/mol. The number of aryl methyl sites for hydroxylation is 2. The lowest BCUT2D eigenvalue weighted by atomic mass is 10.1. The van der Waals surface area contributed by atoms with Crippen LogP contribution in [0.15, 0.2) is 69.0 Å². The number of benzene rings is 3. The van der Waals surface area contributed by atoms with Crippen LogP contribution in [0.2, 0.25) is 0 Å². The van der Waals surface area contributed by atoms with Crippen LogP contribution in [0.25, 0.3) is 6.08 Å². The Morgan fingerprint density at radius 3 is 2.28 bits per heavy atom. The normalized spacial score (nSPS) is 15.2. The summed E-state index contributed by atoms with van der Waals surface area (Å²) in [4.78, 5) is 38.2. The Kier molecular flexibility index (Phi) is 7.17. The molecule has 0 saturated carbocycles. The third-order valence-corrected chi connectivity index (χ3v) is 7.22. The first-order valence-electron chi connectivity index (χ1n) is 10.4. The molecular formula is C24H17BrN4O6S. The van der Waals surface area contributed by atoms with Crippen LogP contribution in [0.1, 0.15) is 16.7 Å². The Balaban J connectivity index is 1.50. The zero-order valence-corrected chi connectivity index (χ0v) is 21.3. The summed E-state index contributed by atoms with van der Waals surface area (Å²) in [7, 11) is 0. The molecule has 1 aliphatic heterocycles. The highest BCUT2D eigenvalue weighted by molar-refractivity contribution is 9.10. The van der Waals surface area contributed by atoms with Gasteiger partial charge in [-0.1, -0.05) is 28.1 Å². The number of hydrogen-bond acceptors (Lipinski definition) is 8. The molecule has 12 heteroatoms. The lowest BCUT2D eigenvalue weighted by Gasteiger charge is -2.06. The maximum Gasteiger partial charge on any atom is 0.318 e. The van der Waals surface area contributed by atoms with Crippen molar-refractivity contribution in [3.8, 4) is 11.5 Å². The molecule has 3 aromatic rings. The molecule has 0 atom stereocenters. The average molecular weight is 569 g/mol. The predicted octanol–water partition coefficient (Wildman–Crippen LogP) is 6.57. The Morgan fingerprint density at radius 1 is 1.00 bits per heavy atom. The molecule has 0 aromatic heterocycles. The number of halogens is 1. The van der Waals surface area contributed by atoms with Crippen LogP contribution in [0.4, 0.5) is 17.1 Å².